The topological polar surface area (TPSA) is 44.7 Å². The number of aliphatic hydroxyl groups excluding tert-OH is 1. The number of nitrogens with one attached hydrogen (secondary N) is 1. The number of nitrogens with zero attached hydrogens (tertiary/aromatic N) is 1. The molecule has 2 N–H and O–H groups in total. The number of benzene rings is 1. The Bertz CT molecular complexity index is 425. The molecule has 0 fully saturated rings. The fourth-order valence-electron chi connectivity index (χ4n) is 1.84. The third-order valence-corrected chi connectivity index (χ3v) is 2.94. The third-order valence-electron chi connectivity index (χ3n) is 2.94. The molecule has 0 aliphatic rings. The number of hydrogen-bond donors (Lipinski definition) is 2. The van der Waals surface area contributed by atoms with Gasteiger partial charge in [-0.2, -0.15) is 0 Å². The van der Waals surface area contributed by atoms with Gasteiger partial charge in [-0.1, -0.05) is 6.07 Å². The Morgan fingerprint density at radius 2 is 1.95 bits per heavy atom. The molecule has 1 rings (SSSR count). The standard InChI is InChI=1S/C16H28N2O2/c1-12-7-8-13(9-15(12)18(5)6)17-10-14(19)11-20-16(2,3)4/h7-9,14,17,19H,10-11H2,1-6H3. The smallest absolute Gasteiger partial charge is 0.0945 e. The average molecular weight is 280 g/mol. The lowest BCUT2D eigenvalue weighted by Crippen LogP contribution is -2.30. The van der Waals surface area contributed by atoms with Gasteiger partial charge in [-0.3, -0.25) is 0 Å². The summed E-state index contributed by atoms with van der Waals surface area (Å²) in [5.74, 6) is 0. The van der Waals surface area contributed by atoms with Gasteiger partial charge >= 0.3 is 0 Å². The van der Waals surface area contributed by atoms with Crippen LogP contribution in [0.4, 0.5) is 11.4 Å². The quantitative estimate of drug-likeness (QED) is 0.841. The summed E-state index contributed by atoms with van der Waals surface area (Å²) in [5, 5.41) is 13.2. The summed E-state index contributed by atoms with van der Waals surface area (Å²) in [4.78, 5) is 2.08. The monoisotopic (exact) mass is 280 g/mol. The van der Waals surface area contributed by atoms with E-state index in [0.717, 1.165) is 5.69 Å². The van der Waals surface area contributed by atoms with Crippen LogP contribution in [0.5, 0.6) is 0 Å². The number of anilines is 2. The molecule has 0 spiro atoms. The Morgan fingerprint density at radius 3 is 2.50 bits per heavy atom. The highest BCUT2D eigenvalue weighted by Crippen LogP contribution is 2.22. The van der Waals surface area contributed by atoms with E-state index in [1.54, 1.807) is 0 Å². The van der Waals surface area contributed by atoms with Crippen LogP contribution in [0.25, 0.3) is 0 Å². The maximum absolute atomic E-state index is 9.91. The summed E-state index contributed by atoms with van der Waals surface area (Å²) in [5.41, 5.74) is 3.20. The predicted molar refractivity (Wildman–Crippen MR) is 85.7 cm³/mol. The highest BCUT2D eigenvalue weighted by atomic mass is 16.5. The van der Waals surface area contributed by atoms with Gasteiger partial charge in [-0.05, 0) is 45.4 Å². The molecule has 0 bridgehead atoms. The molecule has 4 heteroatoms. The van der Waals surface area contributed by atoms with E-state index in [1.165, 1.54) is 11.3 Å². The van der Waals surface area contributed by atoms with Crippen molar-refractivity contribution < 1.29 is 9.84 Å². The van der Waals surface area contributed by atoms with Crippen molar-refractivity contribution in [1.82, 2.24) is 0 Å². The molecule has 0 saturated heterocycles. The molecule has 0 aliphatic carbocycles. The zero-order chi connectivity index (χ0) is 15.3. The lowest BCUT2D eigenvalue weighted by Gasteiger charge is -2.22. The van der Waals surface area contributed by atoms with E-state index in [0.29, 0.717) is 13.2 Å². The molecule has 0 heterocycles. The van der Waals surface area contributed by atoms with E-state index in [9.17, 15) is 5.11 Å². The van der Waals surface area contributed by atoms with Crippen LogP contribution in [0.1, 0.15) is 26.3 Å². The van der Waals surface area contributed by atoms with Crippen molar-refractivity contribution in [3.05, 3.63) is 23.8 Å². The van der Waals surface area contributed by atoms with Crippen LogP contribution in [0.2, 0.25) is 0 Å². The minimum absolute atomic E-state index is 0.219. The van der Waals surface area contributed by atoms with Crippen LogP contribution in [-0.4, -0.2) is 44.1 Å². The summed E-state index contributed by atoms with van der Waals surface area (Å²) in [6.07, 6.45) is -0.515. The second kappa shape index (κ2) is 6.95. The molecule has 0 saturated carbocycles. The van der Waals surface area contributed by atoms with Gasteiger partial charge < -0.3 is 20.1 Å². The van der Waals surface area contributed by atoms with E-state index < -0.39 is 6.10 Å². The second-order valence-electron chi connectivity index (χ2n) is 6.35. The molecule has 0 radical (unpaired) electrons. The number of aliphatic hydroxyl groups is 1. The minimum atomic E-state index is -0.515. The van der Waals surface area contributed by atoms with Gasteiger partial charge in [0.05, 0.1) is 18.3 Å². The molecule has 0 aliphatic heterocycles. The molecule has 1 aromatic carbocycles. The molecule has 4 nitrogen and oxygen atoms in total. The maximum atomic E-state index is 9.91. The van der Waals surface area contributed by atoms with E-state index in [2.05, 4.69) is 29.3 Å². The van der Waals surface area contributed by atoms with Gasteiger partial charge in [0, 0.05) is 32.0 Å². The van der Waals surface area contributed by atoms with Crippen molar-refractivity contribution >= 4 is 11.4 Å². The van der Waals surface area contributed by atoms with Gasteiger partial charge in [-0.15, -0.1) is 0 Å². The van der Waals surface area contributed by atoms with Crippen molar-refractivity contribution in [1.29, 1.82) is 0 Å². The summed E-state index contributed by atoms with van der Waals surface area (Å²) in [6, 6.07) is 6.20. The summed E-state index contributed by atoms with van der Waals surface area (Å²) in [6.45, 7) is 8.85. The zero-order valence-electron chi connectivity index (χ0n) is 13.5. The molecular formula is C16H28N2O2. The molecule has 0 amide bonds. The molecule has 1 atom stereocenters. The van der Waals surface area contributed by atoms with Crippen molar-refractivity contribution in [2.45, 2.75) is 39.4 Å². The Morgan fingerprint density at radius 1 is 1.30 bits per heavy atom. The summed E-state index contributed by atoms with van der Waals surface area (Å²) < 4.78 is 5.56. The van der Waals surface area contributed by atoms with Gasteiger partial charge in [0.1, 0.15) is 0 Å². The van der Waals surface area contributed by atoms with Crippen LogP contribution in [0, 0.1) is 6.92 Å². The first-order valence-corrected chi connectivity index (χ1v) is 7.03. The van der Waals surface area contributed by atoms with Crippen LogP contribution in [0.15, 0.2) is 18.2 Å². The highest BCUT2D eigenvalue weighted by molar-refractivity contribution is 5.61. The van der Waals surface area contributed by atoms with Crippen molar-refractivity contribution in [3.8, 4) is 0 Å². The number of hydrogen-bond acceptors (Lipinski definition) is 4. The van der Waals surface area contributed by atoms with Crippen LogP contribution < -0.4 is 10.2 Å². The average Bonchev–Trinajstić information content (AvgIpc) is 2.34. The Balaban J connectivity index is 2.51. The van der Waals surface area contributed by atoms with Crippen molar-refractivity contribution in [2.75, 3.05) is 37.5 Å². The predicted octanol–water partition coefficient (Wildman–Crippen LogP) is 2.65. The van der Waals surface area contributed by atoms with Gasteiger partial charge in [0.2, 0.25) is 0 Å². The first-order chi connectivity index (χ1) is 9.19. The van der Waals surface area contributed by atoms with Gasteiger partial charge in [0.15, 0.2) is 0 Å². The SMILES string of the molecule is Cc1ccc(NCC(O)COC(C)(C)C)cc1N(C)C. The van der Waals surface area contributed by atoms with Crippen LogP contribution in [-0.2, 0) is 4.74 Å². The largest absolute Gasteiger partial charge is 0.389 e. The Kier molecular flexibility index (Phi) is 5.84. The normalized spacial score (nSPS) is 13.2. The number of ether oxygens (including phenoxy) is 1. The van der Waals surface area contributed by atoms with Crippen LogP contribution >= 0.6 is 0 Å². The zero-order valence-corrected chi connectivity index (χ0v) is 13.5. The molecule has 0 aromatic heterocycles. The summed E-state index contributed by atoms with van der Waals surface area (Å²) in [7, 11) is 4.05. The maximum Gasteiger partial charge on any atom is 0.0945 e. The third kappa shape index (κ3) is 5.80. The molecule has 114 valence electrons. The highest BCUT2D eigenvalue weighted by Gasteiger charge is 2.13. The first-order valence-electron chi connectivity index (χ1n) is 7.03. The minimum Gasteiger partial charge on any atom is -0.389 e. The lowest BCUT2D eigenvalue weighted by molar-refractivity contribution is -0.0449. The van der Waals surface area contributed by atoms with Gasteiger partial charge in [0.25, 0.3) is 0 Å². The Labute approximate surface area is 122 Å². The fourth-order valence-corrected chi connectivity index (χ4v) is 1.84. The van der Waals surface area contributed by atoms with Gasteiger partial charge in [-0.25, -0.2) is 0 Å². The fraction of sp³-hybridized carbons (Fsp3) is 0.625. The lowest BCUT2D eigenvalue weighted by atomic mass is 10.1. The number of aryl methyl sites for hydroxylation is 1. The number of rotatable bonds is 6. The van der Waals surface area contributed by atoms with E-state index >= 15 is 0 Å². The van der Waals surface area contributed by atoms with Crippen molar-refractivity contribution in [3.63, 3.8) is 0 Å². The second-order valence-corrected chi connectivity index (χ2v) is 6.35. The molecule has 1 unspecified atom stereocenters. The first kappa shape index (κ1) is 16.8. The van der Waals surface area contributed by atoms with E-state index in [1.807, 2.05) is 40.9 Å². The molecule has 1 aromatic rings. The van der Waals surface area contributed by atoms with Crippen LogP contribution in [0.3, 0.4) is 0 Å². The Hall–Kier alpha value is -1.26. The van der Waals surface area contributed by atoms with E-state index in [-0.39, 0.29) is 5.60 Å². The molecular weight excluding hydrogens is 252 g/mol. The summed E-state index contributed by atoms with van der Waals surface area (Å²) >= 11 is 0. The van der Waals surface area contributed by atoms with Crippen molar-refractivity contribution in [2.24, 2.45) is 0 Å². The van der Waals surface area contributed by atoms with E-state index in [4.69, 9.17) is 4.74 Å². The molecule has 20 heavy (non-hydrogen) atoms.